The summed E-state index contributed by atoms with van der Waals surface area (Å²) in [4.78, 5) is 9.11. The van der Waals surface area contributed by atoms with Gasteiger partial charge in [-0.15, -0.1) is 10.2 Å². The van der Waals surface area contributed by atoms with Crippen molar-refractivity contribution < 1.29 is 8.42 Å². The van der Waals surface area contributed by atoms with Crippen LogP contribution in [-0.4, -0.2) is 46.9 Å². The molecule has 0 spiro atoms. The summed E-state index contributed by atoms with van der Waals surface area (Å²) in [5.74, 6) is 0.281. The van der Waals surface area contributed by atoms with Crippen LogP contribution in [0.4, 0.5) is 5.82 Å². The number of aryl methyl sites for hydroxylation is 1. The number of aromatic nitrogens is 4. The van der Waals surface area contributed by atoms with Crippen LogP contribution in [0, 0.1) is 6.92 Å². The molecule has 2 aromatic heterocycles. The number of rotatable bonds is 4. The third-order valence-electron chi connectivity index (χ3n) is 4.70. The topological polar surface area (TPSA) is 124 Å². The van der Waals surface area contributed by atoms with Gasteiger partial charge in [-0.1, -0.05) is 23.5 Å². The molecular weight excluding hydrogens is 396 g/mol. The van der Waals surface area contributed by atoms with Crippen LogP contribution >= 0.6 is 11.3 Å². The monoisotopic (exact) mass is 416 g/mol. The fourth-order valence-corrected chi connectivity index (χ4v) is 5.58. The molecule has 146 valence electrons. The Labute approximate surface area is 167 Å². The van der Waals surface area contributed by atoms with E-state index in [-0.39, 0.29) is 11.1 Å². The molecule has 10 heteroatoms. The van der Waals surface area contributed by atoms with E-state index in [0.29, 0.717) is 34.3 Å². The zero-order chi connectivity index (χ0) is 19.7. The molecule has 0 saturated carbocycles. The van der Waals surface area contributed by atoms with Gasteiger partial charge < -0.3 is 11.1 Å². The van der Waals surface area contributed by atoms with Gasteiger partial charge in [0.1, 0.15) is 10.7 Å². The molecule has 3 heterocycles. The average Bonchev–Trinajstić information content (AvgIpc) is 3.15. The first kappa shape index (κ1) is 18.9. The van der Waals surface area contributed by atoms with Gasteiger partial charge in [0, 0.05) is 12.1 Å². The van der Waals surface area contributed by atoms with Crippen LogP contribution in [0.25, 0.3) is 22.0 Å². The molecule has 0 amide bonds. The highest BCUT2D eigenvalue weighted by molar-refractivity contribution is 7.92. The van der Waals surface area contributed by atoms with Gasteiger partial charge in [-0.3, -0.25) is 0 Å². The number of nitrogens with one attached hydrogen (secondary N) is 1. The van der Waals surface area contributed by atoms with E-state index in [0.717, 1.165) is 23.5 Å². The molecule has 1 unspecified atom stereocenters. The van der Waals surface area contributed by atoms with E-state index in [4.69, 9.17) is 5.73 Å². The summed E-state index contributed by atoms with van der Waals surface area (Å²) in [7, 11) is -3.35. The summed E-state index contributed by atoms with van der Waals surface area (Å²) in [5.41, 5.74) is 7.79. The predicted octanol–water partition coefficient (Wildman–Crippen LogP) is 2.08. The standard InChI is InChI=1S/C18H20N6O2S2/c1-11-23-24-18(27-11)16-17(19)21-10-15(22-16)12-4-6-13(7-5-12)28(25,26)14-3-2-8-20-9-14/h4-7,10,14,20H,2-3,8-9H2,1H3,(H2,19,21). The quantitative estimate of drug-likeness (QED) is 0.662. The minimum atomic E-state index is -3.35. The lowest BCUT2D eigenvalue weighted by molar-refractivity contribution is 0.497. The highest BCUT2D eigenvalue weighted by Crippen LogP contribution is 2.29. The molecule has 3 N–H and O–H groups in total. The number of nitrogen functional groups attached to an aromatic ring is 1. The lowest BCUT2D eigenvalue weighted by Crippen LogP contribution is -2.38. The first-order valence-corrected chi connectivity index (χ1v) is 11.3. The van der Waals surface area contributed by atoms with Crippen molar-refractivity contribution in [1.82, 2.24) is 25.5 Å². The Morgan fingerprint density at radius 3 is 2.64 bits per heavy atom. The third kappa shape index (κ3) is 3.62. The zero-order valence-corrected chi connectivity index (χ0v) is 16.9. The summed E-state index contributed by atoms with van der Waals surface area (Å²) in [5, 5.41) is 12.3. The Balaban J connectivity index is 1.64. The molecule has 1 atom stereocenters. The molecule has 0 bridgehead atoms. The molecule has 28 heavy (non-hydrogen) atoms. The van der Waals surface area contributed by atoms with Crippen LogP contribution in [0.2, 0.25) is 0 Å². The first-order valence-electron chi connectivity index (χ1n) is 8.93. The van der Waals surface area contributed by atoms with Crippen LogP contribution in [0.5, 0.6) is 0 Å². The second-order valence-electron chi connectivity index (χ2n) is 6.65. The molecule has 4 rings (SSSR count). The number of hydrogen-bond acceptors (Lipinski definition) is 9. The lowest BCUT2D eigenvalue weighted by Gasteiger charge is -2.22. The number of piperidine rings is 1. The van der Waals surface area contributed by atoms with Crippen molar-refractivity contribution in [2.75, 3.05) is 18.8 Å². The Morgan fingerprint density at radius 1 is 1.21 bits per heavy atom. The molecule has 1 fully saturated rings. The number of nitrogens with zero attached hydrogens (tertiary/aromatic N) is 4. The van der Waals surface area contributed by atoms with Crippen LogP contribution in [0.15, 0.2) is 35.4 Å². The van der Waals surface area contributed by atoms with Gasteiger partial charge in [-0.25, -0.2) is 18.4 Å². The van der Waals surface area contributed by atoms with Crippen molar-refractivity contribution in [3.8, 4) is 22.0 Å². The van der Waals surface area contributed by atoms with E-state index in [1.165, 1.54) is 11.3 Å². The largest absolute Gasteiger partial charge is 0.382 e. The summed E-state index contributed by atoms with van der Waals surface area (Å²) in [6.45, 7) is 3.23. The minimum Gasteiger partial charge on any atom is -0.382 e. The number of hydrogen-bond donors (Lipinski definition) is 2. The normalized spacial score (nSPS) is 17.5. The van der Waals surface area contributed by atoms with Crippen molar-refractivity contribution in [3.63, 3.8) is 0 Å². The van der Waals surface area contributed by atoms with Crippen LogP contribution in [0.3, 0.4) is 0 Å². The summed E-state index contributed by atoms with van der Waals surface area (Å²) < 4.78 is 25.6. The second-order valence-corrected chi connectivity index (χ2v) is 10.1. The van der Waals surface area contributed by atoms with Gasteiger partial charge in [0.2, 0.25) is 0 Å². The van der Waals surface area contributed by atoms with Gasteiger partial charge in [0.25, 0.3) is 0 Å². The molecule has 1 aliphatic heterocycles. The van der Waals surface area contributed by atoms with Gasteiger partial charge in [0.15, 0.2) is 20.7 Å². The molecule has 1 aromatic carbocycles. The average molecular weight is 417 g/mol. The van der Waals surface area contributed by atoms with Crippen LogP contribution < -0.4 is 11.1 Å². The maximum Gasteiger partial charge on any atom is 0.182 e. The highest BCUT2D eigenvalue weighted by Gasteiger charge is 2.28. The summed E-state index contributed by atoms with van der Waals surface area (Å²) in [6, 6.07) is 6.76. The first-order chi connectivity index (χ1) is 13.4. The van der Waals surface area contributed by atoms with E-state index < -0.39 is 9.84 Å². The Morgan fingerprint density at radius 2 is 2.00 bits per heavy atom. The molecule has 0 aliphatic carbocycles. The number of benzene rings is 1. The number of anilines is 1. The summed E-state index contributed by atoms with van der Waals surface area (Å²) >= 11 is 1.39. The second kappa shape index (κ2) is 7.53. The summed E-state index contributed by atoms with van der Waals surface area (Å²) in [6.07, 6.45) is 3.13. The van der Waals surface area contributed by atoms with Crippen molar-refractivity contribution >= 4 is 27.0 Å². The van der Waals surface area contributed by atoms with Gasteiger partial charge >= 0.3 is 0 Å². The van der Waals surface area contributed by atoms with E-state index in [2.05, 4.69) is 25.5 Å². The molecule has 1 aliphatic rings. The van der Waals surface area contributed by atoms with Crippen molar-refractivity contribution in [1.29, 1.82) is 0 Å². The Hall–Kier alpha value is -2.43. The number of sulfone groups is 1. The van der Waals surface area contributed by atoms with Gasteiger partial charge in [0.05, 0.1) is 22.0 Å². The van der Waals surface area contributed by atoms with Crippen LogP contribution in [0.1, 0.15) is 17.8 Å². The Bertz CT molecular complexity index is 1090. The highest BCUT2D eigenvalue weighted by atomic mass is 32.2. The molecular formula is C18H20N6O2S2. The fraction of sp³-hybridized carbons (Fsp3) is 0.333. The SMILES string of the molecule is Cc1nnc(-c2nc(-c3ccc(S(=O)(=O)C4CCCNC4)cc3)cnc2N)s1. The lowest BCUT2D eigenvalue weighted by atomic mass is 10.1. The minimum absolute atomic E-state index is 0.281. The Kier molecular flexibility index (Phi) is 5.09. The number of nitrogens with two attached hydrogens (primary N) is 1. The zero-order valence-electron chi connectivity index (χ0n) is 15.3. The van der Waals surface area contributed by atoms with Crippen molar-refractivity contribution in [2.45, 2.75) is 29.9 Å². The van der Waals surface area contributed by atoms with E-state index in [1.807, 2.05) is 6.92 Å². The van der Waals surface area contributed by atoms with Gasteiger partial charge in [-0.2, -0.15) is 0 Å². The van der Waals surface area contributed by atoms with E-state index >= 15 is 0 Å². The van der Waals surface area contributed by atoms with Crippen molar-refractivity contribution in [3.05, 3.63) is 35.5 Å². The molecule has 0 radical (unpaired) electrons. The smallest absolute Gasteiger partial charge is 0.182 e. The fourth-order valence-electron chi connectivity index (χ4n) is 3.18. The van der Waals surface area contributed by atoms with Crippen molar-refractivity contribution in [2.24, 2.45) is 0 Å². The van der Waals surface area contributed by atoms with Gasteiger partial charge in [-0.05, 0) is 38.4 Å². The van der Waals surface area contributed by atoms with E-state index in [9.17, 15) is 8.42 Å². The predicted molar refractivity (Wildman–Crippen MR) is 109 cm³/mol. The maximum atomic E-state index is 12.8. The molecule has 8 nitrogen and oxygen atoms in total. The maximum absolute atomic E-state index is 12.8. The third-order valence-corrected chi connectivity index (χ3v) is 7.75. The van der Waals surface area contributed by atoms with Crippen LogP contribution in [-0.2, 0) is 9.84 Å². The molecule has 3 aromatic rings. The van der Waals surface area contributed by atoms with E-state index in [1.54, 1.807) is 30.5 Å². The molecule has 1 saturated heterocycles.